The Bertz CT molecular complexity index is 1030. The fourth-order valence-electron chi connectivity index (χ4n) is 3.09. The molecule has 150 valence electrons. The minimum Gasteiger partial charge on any atom is -0.497 e. The van der Waals surface area contributed by atoms with E-state index in [4.69, 9.17) is 32.7 Å². The van der Waals surface area contributed by atoms with Crippen molar-refractivity contribution in [1.82, 2.24) is 0 Å². The highest BCUT2D eigenvalue weighted by Crippen LogP contribution is 2.36. The summed E-state index contributed by atoms with van der Waals surface area (Å²) >= 11 is 12.1. The summed E-state index contributed by atoms with van der Waals surface area (Å²) in [6.07, 6.45) is 1.61. The molecule has 7 heteroatoms. The van der Waals surface area contributed by atoms with E-state index in [1.54, 1.807) is 69.5 Å². The van der Waals surface area contributed by atoms with Crippen molar-refractivity contribution >= 4 is 46.8 Å². The normalized spacial score (nSPS) is 15.3. The first-order valence-electron chi connectivity index (χ1n) is 8.91. The molecule has 1 amide bonds. The molecule has 5 nitrogen and oxygen atoms in total. The first kappa shape index (κ1) is 21.0. The summed E-state index contributed by atoms with van der Waals surface area (Å²) in [6, 6.07) is 12.0. The highest BCUT2D eigenvalue weighted by Gasteiger charge is 2.38. The molecule has 0 aliphatic carbocycles. The largest absolute Gasteiger partial charge is 0.497 e. The Morgan fingerprint density at radius 2 is 1.79 bits per heavy atom. The lowest BCUT2D eigenvalue weighted by Crippen LogP contribution is -2.24. The third kappa shape index (κ3) is 4.16. The van der Waals surface area contributed by atoms with Crippen LogP contribution in [0.3, 0.4) is 0 Å². The van der Waals surface area contributed by atoms with E-state index in [1.165, 1.54) is 4.90 Å². The number of carbonyl (C=O) groups excluding carboxylic acids is 2. The molecular weight excluding hydrogens is 413 g/mol. The predicted octanol–water partition coefficient (Wildman–Crippen LogP) is 5.27. The van der Waals surface area contributed by atoms with Gasteiger partial charge in [0.2, 0.25) is 0 Å². The molecule has 2 aromatic rings. The number of esters is 1. The van der Waals surface area contributed by atoms with Crippen LogP contribution in [0.15, 0.2) is 59.3 Å². The molecule has 0 spiro atoms. The van der Waals surface area contributed by atoms with Gasteiger partial charge in [0.25, 0.3) is 5.91 Å². The third-order valence-corrected chi connectivity index (χ3v) is 5.20. The number of halogens is 2. The van der Waals surface area contributed by atoms with E-state index in [-0.39, 0.29) is 23.7 Å². The van der Waals surface area contributed by atoms with Gasteiger partial charge in [-0.15, -0.1) is 0 Å². The van der Waals surface area contributed by atoms with Crippen molar-refractivity contribution in [2.75, 3.05) is 18.6 Å². The summed E-state index contributed by atoms with van der Waals surface area (Å²) in [7, 11) is 1.57. The van der Waals surface area contributed by atoms with E-state index in [0.29, 0.717) is 32.7 Å². The molecule has 0 saturated heterocycles. The molecule has 29 heavy (non-hydrogen) atoms. The van der Waals surface area contributed by atoms with Crippen LogP contribution in [0.25, 0.3) is 6.08 Å². The lowest BCUT2D eigenvalue weighted by molar-refractivity contribution is -0.138. The monoisotopic (exact) mass is 431 g/mol. The smallest absolute Gasteiger partial charge is 0.340 e. The van der Waals surface area contributed by atoms with Gasteiger partial charge in [0.1, 0.15) is 5.75 Å². The van der Waals surface area contributed by atoms with Crippen LogP contribution in [0.4, 0.5) is 5.69 Å². The highest BCUT2D eigenvalue weighted by molar-refractivity contribution is 6.42. The van der Waals surface area contributed by atoms with E-state index in [0.717, 1.165) is 0 Å². The Morgan fingerprint density at radius 3 is 2.38 bits per heavy atom. The predicted molar refractivity (Wildman–Crippen MR) is 114 cm³/mol. The molecule has 0 radical (unpaired) electrons. The Labute approximate surface area is 179 Å². The zero-order valence-corrected chi connectivity index (χ0v) is 17.7. The summed E-state index contributed by atoms with van der Waals surface area (Å²) in [5.74, 6) is -0.221. The highest BCUT2D eigenvalue weighted by atomic mass is 35.5. The van der Waals surface area contributed by atoms with Crippen molar-refractivity contribution in [2.24, 2.45) is 0 Å². The Hall–Kier alpha value is -2.76. The number of anilines is 1. The van der Waals surface area contributed by atoms with Gasteiger partial charge in [-0.2, -0.15) is 0 Å². The van der Waals surface area contributed by atoms with Crippen LogP contribution in [0.2, 0.25) is 10.0 Å². The summed E-state index contributed by atoms with van der Waals surface area (Å²) in [5.41, 5.74) is 2.21. The molecular formula is C22H19Cl2NO4. The van der Waals surface area contributed by atoms with E-state index < -0.39 is 5.97 Å². The van der Waals surface area contributed by atoms with E-state index in [9.17, 15) is 9.59 Å². The van der Waals surface area contributed by atoms with Gasteiger partial charge in [-0.25, -0.2) is 4.79 Å². The maximum atomic E-state index is 13.3. The average Bonchev–Trinajstić information content (AvgIpc) is 2.95. The topological polar surface area (TPSA) is 55.8 Å². The van der Waals surface area contributed by atoms with E-state index in [1.807, 2.05) is 0 Å². The van der Waals surface area contributed by atoms with Crippen LogP contribution in [0, 0.1) is 0 Å². The Morgan fingerprint density at radius 1 is 1.10 bits per heavy atom. The van der Waals surface area contributed by atoms with Crippen molar-refractivity contribution in [1.29, 1.82) is 0 Å². The second-order valence-corrected chi connectivity index (χ2v) is 7.07. The fourth-order valence-corrected chi connectivity index (χ4v) is 3.40. The minimum atomic E-state index is -0.555. The maximum Gasteiger partial charge on any atom is 0.340 e. The summed E-state index contributed by atoms with van der Waals surface area (Å²) in [5, 5.41) is 0.764. The number of amides is 1. The quantitative estimate of drug-likeness (QED) is 0.477. The van der Waals surface area contributed by atoms with Crippen molar-refractivity contribution in [2.45, 2.75) is 13.8 Å². The fraction of sp³-hybridized carbons (Fsp3) is 0.182. The van der Waals surface area contributed by atoms with Crippen molar-refractivity contribution in [3.63, 3.8) is 0 Å². The Balaban J connectivity index is 2.11. The number of hydrogen-bond donors (Lipinski definition) is 0. The second kappa shape index (κ2) is 8.72. The van der Waals surface area contributed by atoms with Gasteiger partial charge < -0.3 is 9.47 Å². The molecule has 1 aliphatic rings. The number of hydrogen-bond acceptors (Lipinski definition) is 4. The average molecular weight is 432 g/mol. The van der Waals surface area contributed by atoms with Crippen molar-refractivity contribution < 1.29 is 19.1 Å². The van der Waals surface area contributed by atoms with Crippen LogP contribution in [0.5, 0.6) is 5.75 Å². The lowest BCUT2D eigenvalue weighted by Gasteiger charge is -2.18. The number of methoxy groups -OCH3 is 1. The van der Waals surface area contributed by atoms with Gasteiger partial charge in [0.15, 0.2) is 0 Å². The SMILES string of the molecule is CCOC(=O)C1=C(C)N(c2ccc(OC)cc2)C(=O)/C1=C/c1ccc(Cl)c(Cl)c1. The van der Waals surface area contributed by atoms with Gasteiger partial charge in [0, 0.05) is 11.4 Å². The number of ether oxygens (including phenoxy) is 2. The molecule has 0 fully saturated rings. The van der Waals surface area contributed by atoms with Crippen LogP contribution in [-0.2, 0) is 14.3 Å². The van der Waals surface area contributed by atoms with Crippen LogP contribution < -0.4 is 9.64 Å². The zero-order valence-electron chi connectivity index (χ0n) is 16.2. The molecule has 0 atom stereocenters. The Kier molecular flexibility index (Phi) is 6.30. The molecule has 2 aromatic carbocycles. The maximum absolute atomic E-state index is 13.3. The number of carbonyl (C=O) groups is 2. The van der Waals surface area contributed by atoms with Crippen LogP contribution in [0.1, 0.15) is 19.4 Å². The van der Waals surface area contributed by atoms with E-state index in [2.05, 4.69) is 0 Å². The molecule has 3 rings (SSSR count). The van der Waals surface area contributed by atoms with E-state index >= 15 is 0 Å². The molecule has 0 bridgehead atoms. The zero-order chi connectivity index (χ0) is 21.1. The van der Waals surface area contributed by atoms with Crippen LogP contribution in [-0.4, -0.2) is 25.6 Å². The number of nitrogens with zero attached hydrogens (tertiary/aromatic N) is 1. The summed E-state index contributed by atoms with van der Waals surface area (Å²) < 4.78 is 10.4. The lowest BCUT2D eigenvalue weighted by atomic mass is 10.0. The first-order chi connectivity index (χ1) is 13.9. The minimum absolute atomic E-state index is 0.201. The number of benzene rings is 2. The van der Waals surface area contributed by atoms with Crippen molar-refractivity contribution in [3.05, 3.63) is 74.9 Å². The van der Waals surface area contributed by atoms with Gasteiger partial charge >= 0.3 is 5.97 Å². The van der Waals surface area contributed by atoms with Gasteiger partial charge in [-0.3, -0.25) is 9.69 Å². The molecule has 0 aromatic heterocycles. The number of rotatable bonds is 5. The number of allylic oxidation sites excluding steroid dienone is 1. The van der Waals surface area contributed by atoms with Crippen LogP contribution >= 0.6 is 23.2 Å². The standard InChI is InChI=1S/C22H19Cl2NO4/c1-4-29-22(27)20-13(2)25(15-6-8-16(28-3)9-7-15)21(26)17(20)11-14-5-10-18(23)19(24)12-14/h5-12H,4H2,1-3H3/b17-11+. The molecule has 1 aliphatic heterocycles. The van der Waals surface area contributed by atoms with Crippen molar-refractivity contribution in [3.8, 4) is 5.75 Å². The van der Waals surface area contributed by atoms with Gasteiger partial charge in [-0.1, -0.05) is 29.3 Å². The van der Waals surface area contributed by atoms with Gasteiger partial charge in [0.05, 0.1) is 34.9 Å². The second-order valence-electron chi connectivity index (χ2n) is 6.25. The summed E-state index contributed by atoms with van der Waals surface area (Å²) in [6.45, 7) is 3.63. The van der Waals surface area contributed by atoms with Gasteiger partial charge in [-0.05, 0) is 61.9 Å². The third-order valence-electron chi connectivity index (χ3n) is 4.46. The molecule has 1 heterocycles. The molecule has 0 unspecified atom stereocenters. The summed E-state index contributed by atoms with van der Waals surface area (Å²) in [4.78, 5) is 27.4. The molecule has 0 N–H and O–H groups in total. The first-order valence-corrected chi connectivity index (χ1v) is 9.66. The molecule has 0 saturated carbocycles.